The summed E-state index contributed by atoms with van der Waals surface area (Å²) in [7, 11) is 0. The van der Waals surface area contributed by atoms with Gasteiger partial charge in [0.05, 0.1) is 17.6 Å². The highest BCUT2D eigenvalue weighted by Gasteiger charge is 2.43. The van der Waals surface area contributed by atoms with E-state index in [-0.39, 0.29) is 5.69 Å². The number of hydrogen-bond acceptors (Lipinski definition) is 3. The summed E-state index contributed by atoms with van der Waals surface area (Å²) < 4.78 is 39.2. The van der Waals surface area contributed by atoms with Crippen molar-refractivity contribution in [2.75, 3.05) is 5.32 Å². The Labute approximate surface area is 106 Å². The Balaban J connectivity index is 2.12. The normalized spacial score (nSPS) is 18.5. The van der Waals surface area contributed by atoms with Crippen LogP contribution in [0.1, 0.15) is 11.6 Å². The minimum Gasteiger partial charge on any atom is -0.371 e. The van der Waals surface area contributed by atoms with Crippen molar-refractivity contribution in [1.82, 2.24) is 10.2 Å². The van der Waals surface area contributed by atoms with Gasteiger partial charge in [0.2, 0.25) is 0 Å². The fourth-order valence-electron chi connectivity index (χ4n) is 2.00. The van der Waals surface area contributed by atoms with E-state index in [4.69, 9.17) is 0 Å². The maximum Gasteiger partial charge on any atom is 0.431 e. The maximum absolute atomic E-state index is 13.1. The molecule has 1 aliphatic rings. The Hall–Kier alpha value is -2.31. The lowest BCUT2D eigenvalue weighted by Crippen LogP contribution is -2.35. The van der Waals surface area contributed by atoms with Crippen molar-refractivity contribution in [2.45, 2.75) is 12.2 Å². The average molecular weight is 266 g/mol. The molecule has 1 unspecified atom stereocenters. The lowest BCUT2D eigenvalue weighted by atomic mass is 10.0. The Kier molecular flexibility index (Phi) is 2.55. The van der Waals surface area contributed by atoms with E-state index < -0.39 is 17.9 Å². The third kappa shape index (κ3) is 2.07. The smallest absolute Gasteiger partial charge is 0.371 e. The summed E-state index contributed by atoms with van der Waals surface area (Å²) in [5, 5.41) is 9.04. The highest BCUT2D eigenvalue weighted by Crippen LogP contribution is 2.39. The van der Waals surface area contributed by atoms with Crippen LogP contribution in [-0.4, -0.2) is 22.1 Å². The van der Waals surface area contributed by atoms with Crippen LogP contribution in [0.25, 0.3) is 0 Å². The van der Waals surface area contributed by atoms with E-state index >= 15 is 0 Å². The van der Waals surface area contributed by atoms with Crippen LogP contribution < -0.4 is 5.32 Å². The zero-order valence-electron chi connectivity index (χ0n) is 9.57. The number of para-hydroxylation sites is 2. The van der Waals surface area contributed by atoms with Crippen molar-refractivity contribution in [3.05, 3.63) is 42.2 Å². The molecule has 2 heterocycles. The Morgan fingerprint density at radius 3 is 2.63 bits per heavy atom. The zero-order valence-corrected chi connectivity index (χ0v) is 9.57. The van der Waals surface area contributed by atoms with Gasteiger partial charge in [0.15, 0.2) is 0 Å². The van der Waals surface area contributed by atoms with Gasteiger partial charge in [0.1, 0.15) is 11.8 Å². The second-order valence-electron chi connectivity index (χ2n) is 4.12. The molecule has 19 heavy (non-hydrogen) atoms. The van der Waals surface area contributed by atoms with Gasteiger partial charge < -0.3 is 5.32 Å². The molecule has 98 valence electrons. The molecule has 0 saturated carbocycles. The number of halogens is 3. The van der Waals surface area contributed by atoms with Crippen molar-refractivity contribution >= 4 is 17.1 Å². The molecule has 2 N–H and O–H groups in total. The molecule has 4 nitrogen and oxygen atoms in total. The number of aromatic amines is 1. The molecule has 7 heteroatoms. The molecule has 0 spiro atoms. The second-order valence-corrected chi connectivity index (χ2v) is 4.12. The maximum atomic E-state index is 13.1. The number of nitrogens with one attached hydrogen (secondary N) is 2. The first-order valence-corrected chi connectivity index (χ1v) is 5.56. The second kappa shape index (κ2) is 4.11. The lowest BCUT2D eigenvalue weighted by molar-refractivity contribution is -0.0610. The summed E-state index contributed by atoms with van der Waals surface area (Å²) in [6, 6.07) is 5.58. The Morgan fingerprint density at radius 2 is 1.95 bits per heavy atom. The molecule has 0 bridgehead atoms. The summed E-state index contributed by atoms with van der Waals surface area (Å²) in [6.07, 6.45) is -1.72. The fraction of sp³-hybridized carbons (Fsp3) is 0.167. The van der Waals surface area contributed by atoms with Gasteiger partial charge in [-0.3, -0.25) is 5.10 Å². The predicted molar refractivity (Wildman–Crippen MR) is 64.5 cm³/mol. The van der Waals surface area contributed by atoms with E-state index in [0.29, 0.717) is 11.3 Å². The number of aromatic nitrogens is 2. The van der Waals surface area contributed by atoms with Crippen LogP contribution in [0.3, 0.4) is 0 Å². The van der Waals surface area contributed by atoms with Crippen molar-refractivity contribution in [3.8, 4) is 0 Å². The third-order valence-corrected chi connectivity index (χ3v) is 2.86. The number of hydrogen-bond donors (Lipinski definition) is 2. The van der Waals surface area contributed by atoms with Crippen LogP contribution >= 0.6 is 0 Å². The van der Waals surface area contributed by atoms with Crippen LogP contribution in [0.15, 0.2) is 41.7 Å². The molecule has 0 saturated heterocycles. The number of alkyl halides is 3. The first kappa shape index (κ1) is 11.8. The van der Waals surface area contributed by atoms with Crippen molar-refractivity contribution in [2.24, 2.45) is 4.99 Å². The van der Waals surface area contributed by atoms with Crippen molar-refractivity contribution in [3.63, 3.8) is 0 Å². The lowest BCUT2D eigenvalue weighted by Gasteiger charge is -2.27. The quantitative estimate of drug-likeness (QED) is 0.832. The van der Waals surface area contributed by atoms with E-state index in [0.717, 1.165) is 0 Å². The SMILES string of the molecule is FC(F)(F)C1=Nc2ccccc2NC1c1cn[nH]c1. The van der Waals surface area contributed by atoms with E-state index in [9.17, 15) is 13.2 Å². The highest BCUT2D eigenvalue weighted by atomic mass is 19.4. The molecular formula is C12H9F3N4. The molecule has 1 aliphatic heterocycles. The zero-order chi connectivity index (χ0) is 13.5. The molecule has 3 rings (SSSR count). The molecular weight excluding hydrogens is 257 g/mol. The topological polar surface area (TPSA) is 53.1 Å². The summed E-state index contributed by atoms with van der Waals surface area (Å²) in [5.41, 5.74) is 0.384. The minimum atomic E-state index is -4.50. The first-order valence-electron chi connectivity index (χ1n) is 5.56. The van der Waals surface area contributed by atoms with Crippen molar-refractivity contribution in [1.29, 1.82) is 0 Å². The number of fused-ring (bicyclic) bond motifs is 1. The van der Waals surface area contributed by atoms with Gasteiger partial charge in [-0.2, -0.15) is 18.3 Å². The highest BCUT2D eigenvalue weighted by molar-refractivity contribution is 6.02. The number of H-pyrrole nitrogens is 1. The summed E-state index contributed by atoms with van der Waals surface area (Å²) in [5.74, 6) is 0. The van der Waals surface area contributed by atoms with Gasteiger partial charge in [-0.25, -0.2) is 4.99 Å². The largest absolute Gasteiger partial charge is 0.431 e. The molecule has 0 aliphatic carbocycles. The van der Waals surface area contributed by atoms with Crippen LogP contribution in [0.2, 0.25) is 0 Å². The molecule has 1 atom stereocenters. The molecule has 1 aromatic heterocycles. The van der Waals surface area contributed by atoms with Crippen LogP contribution in [0.4, 0.5) is 24.5 Å². The van der Waals surface area contributed by atoms with Gasteiger partial charge in [-0.1, -0.05) is 12.1 Å². The average Bonchev–Trinajstić information content (AvgIpc) is 2.90. The molecule has 1 aromatic carbocycles. The predicted octanol–water partition coefficient (Wildman–Crippen LogP) is 3.21. The van der Waals surface area contributed by atoms with E-state index in [2.05, 4.69) is 20.5 Å². The van der Waals surface area contributed by atoms with Crippen LogP contribution in [-0.2, 0) is 0 Å². The molecule has 0 radical (unpaired) electrons. The van der Waals surface area contributed by atoms with Gasteiger partial charge in [0, 0.05) is 11.8 Å². The standard InChI is InChI=1S/C12H9F3N4/c13-12(14,15)11-10(7-5-16-17-6-7)18-8-3-1-2-4-9(8)19-11/h1-6,10,18H,(H,16,17). The van der Waals surface area contributed by atoms with E-state index in [1.54, 1.807) is 24.3 Å². The van der Waals surface area contributed by atoms with Gasteiger partial charge in [-0.05, 0) is 12.1 Å². The molecule has 0 fully saturated rings. The third-order valence-electron chi connectivity index (χ3n) is 2.86. The molecule has 0 amide bonds. The van der Waals surface area contributed by atoms with Gasteiger partial charge in [0.25, 0.3) is 0 Å². The number of rotatable bonds is 1. The van der Waals surface area contributed by atoms with Gasteiger partial charge >= 0.3 is 6.18 Å². The minimum absolute atomic E-state index is 0.287. The number of anilines is 1. The Bertz CT molecular complexity index is 616. The van der Waals surface area contributed by atoms with Crippen molar-refractivity contribution < 1.29 is 13.2 Å². The fourth-order valence-corrected chi connectivity index (χ4v) is 2.00. The van der Waals surface area contributed by atoms with E-state index in [1.165, 1.54) is 12.4 Å². The first-order chi connectivity index (χ1) is 9.05. The number of benzene rings is 1. The van der Waals surface area contributed by atoms with Crippen LogP contribution in [0, 0.1) is 0 Å². The molecule has 2 aromatic rings. The van der Waals surface area contributed by atoms with Gasteiger partial charge in [-0.15, -0.1) is 0 Å². The summed E-state index contributed by atoms with van der Waals surface area (Å²) in [4.78, 5) is 3.74. The number of aliphatic imine (C=N–C) groups is 1. The van der Waals surface area contributed by atoms with E-state index in [1.807, 2.05) is 0 Å². The summed E-state index contributed by atoms with van der Waals surface area (Å²) in [6.45, 7) is 0. The van der Waals surface area contributed by atoms with Crippen LogP contribution in [0.5, 0.6) is 0 Å². The number of nitrogens with zero attached hydrogens (tertiary/aromatic N) is 2. The Morgan fingerprint density at radius 1 is 1.16 bits per heavy atom. The monoisotopic (exact) mass is 266 g/mol. The summed E-state index contributed by atoms with van der Waals surface area (Å²) >= 11 is 0.